The lowest BCUT2D eigenvalue weighted by Crippen LogP contribution is -2.44. The van der Waals surface area contributed by atoms with Crippen LogP contribution in [0.25, 0.3) is 0 Å². The molecule has 0 spiro atoms. The Hall–Kier alpha value is -1.24. The third-order valence-electron chi connectivity index (χ3n) is 4.41. The number of amides is 2. The van der Waals surface area contributed by atoms with Crippen molar-refractivity contribution in [3.05, 3.63) is 34.9 Å². The second kappa shape index (κ2) is 14.7. The zero-order valence-corrected chi connectivity index (χ0v) is 18.8. The van der Waals surface area contributed by atoms with Crippen molar-refractivity contribution >= 4 is 35.2 Å². The molecule has 0 radical (unpaired) electrons. The number of carbonyl (C=O) groups is 2. The molecule has 1 aromatic carbocycles. The van der Waals surface area contributed by atoms with E-state index in [1.807, 2.05) is 11.2 Å². The van der Waals surface area contributed by atoms with Gasteiger partial charge in [-0.3, -0.25) is 9.59 Å². The van der Waals surface area contributed by atoms with Gasteiger partial charge in [0.25, 0.3) is 0 Å². The summed E-state index contributed by atoms with van der Waals surface area (Å²) in [6.45, 7) is 4.03. The molecule has 5 nitrogen and oxygen atoms in total. The van der Waals surface area contributed by atoms with Gasteiger partial charge in [-0.15, -0.1) is 0 Å². The number of benzene rings is 1. The lowest BCUT2D eigenvalue weighted by atomic mass is 10.0. The molecule has 0 aromatic heterocycles. The summed E-state index contributed by atoms with van der Waals surface area (Å²) in [5, 5.41) is 3.53. The van der Waals surface area contributed by atoms with Crippen LogP contribution < -0.4 is 5.32 Å². The van der Waals surface area contributed by atoms with Crippen molar-refractivity contribution in [1.82, 2.24) is 10.2 Å². The van der Waals surface area contributed by atoms with Gasteiger partial charge in [0.05, 0.1) is 0 Å². The minimum Gasteiger partial charge on any atom is -0.385 e. The van der Waals surface area contributed by atoms with Crippen molar-refractivity contribution in [3.8, 4) is 0 Å². The number of nitrogens with one attached hydrogen (secondary N) is 1. The smallest absolute Gasteiger partial charge is 0.249 e. The first-order valence-corrected chi connectivity index (χ1v) is 11.6. The highest BCUT2D eigenvalue weighted by Crippen LogP contribution is 2.20. The monoisotopic (exact) mass is 428 g/mol. The molecule has 1 aromatic rings. The van der Waals surface area contributed by atoms with E-state index in [2.05, 4.69) is 12.2 Å². The van der Waals surface area contributed by atoms with Gasteiger partial charge in [-0.1, -0.05) is 43.5 Å². The van der Waals surface area contributed by atoms with Crippen molar-refractivity contribution in [2.75, 3.05) is 38.8 Å². The molecular formula is C21H33ClN2O3S. The number of nitrogens with zero attached hydrogens (tertiary/aromatic N) is 1. The topological polar surface area (TPSA) is 58.6 Å². The molecule has 0 saturated carbocycles. The molecule has 0 aliphatic carbocycles. The Balaban J connectivity index is 2.98. The fraction of sp³-hybridized carbons (Fsp3) is 0.619. The summed E-state index contributed by atoms with van der Waals surface area (Å²) >= 11 is 7.61. The molecular weight excluding hydrogens is 396 g/mol. The maximum atomic E-state index is 13.4. The standard InChI is InChI=1S/C21H33ClN2O3S/c1-4-5-6-13-24(14-7-15-27-2)21(26)20(23-19(25)12-16-28-3)17-8-10-18(22)11-9-17/h8-11,20H,4-7,12-16H2,1-3H3,(H,23,25)/t20-/m1/s1. The average Bonchev–Trinajstić information content (AvgIpc) is 2.70. The van der Waals surface area contributed by atoms with Crippen molar-refractivity contribution in [1.29, 1.82) is 0 Å². The van der Waals surface area contributed by atoms with Crippen LogP contribution in [0, 0.1) is 0 Å². The fourth-order valence-corrected chi connectivity index (χ4v) is 3.35. The molecule has 0 unspecified atom stereocenters. The van der Waals surface area contributed by atoms with Crippen LogP contribution in [-0.2, 0) is 14.3 Å². The summed E-state index contributed by atoms with van der Waals surface area (Å²) in [4.78, 5) is 27.6. The van der Waals surface area contributed by atoms with Crippen LogP contribution in [0.15, 0.2) is 24.3 Å². The average molecular weight is 429 g/mol. The summed E-state index contributed by atoms with van der Waals surface area (Å²) in [5.41, 5.74) is 0.749. The fourth-order valence-electron chi connectivity index (χ4n) is 2.84. The first-order chi connectivity index (χ1) is 13.5. The minimum atomic E-state index is -0.698. The summed E-state index contributed by atoms with van der Waals surface area (Å²) in [5.74, 6) is 0.529. The third kappa shape index (κ3) is 9.30. The molecule has 0 aliphatic rings. The first-order valence-electron chi connectivity index (χ1n) is 9.85. The van der Waals surface area contributed by atoms with E-state index >= 15 is 0 Å². The Bertz CT molecular complexity index is 574. The molecule has 158 valence electrons. The SMILES string of the molecule is CCCCCN(CCCOC)C(=O)[C@H](NC(=O)CCSC)c1ccc(Cl)cc1. The Kier molecular flexibility index (Phi) is 13.0. The second-order valence-corrected chi connectivity index (χ2v) is 8.10. The van der Waals surface area contributed by atoms with Crippen molar-refractivity contribution in [2.24, 2.45) is 0 Å². The van der Waals surface area contributed by atoms with Crippen LogP contribution in [0.2, 0.25) is 5.02 Å². The Morgan fingerprint density at radius 1 is 1.18 bits per heavy atom. The van der Waals surface area contributed by atoms with Crippen molar-refractivity contribution in [3.63, 3.8) is 0 Å². The van der Waals surface area contributed by atoms with Crippen LogP contribution in [0.5, 0.6) is 0 Å². The number of rotatable bonds is 14. The molecule has 1 N–H and O–H groups in total. The molecule has 28 heavy (non-hydrogen) atoms. The van der Waals surface area contributed by atoms with E-state index in [0.29, 0.717) is 31.1 Å². The number of methoxy groups -OCH3 is 1. The molecule has 0 heterocycles. The first kappa shape index (κ1) is 24.8. The lowest BCUT2D eigenvalue weighted by Gasteiger charge is -2.28. The highest BCUT2D eigenvalue weighted by atomic mass is 35.5. The van der Waals surface area contributed by atoms with E-state index in [4.69, 9.17) is 16.3 Å². The maximum Gasteiger partial charge on any atom is 0.249 e. The van der Waals surface area contributed by atoms with E-state index < -0.39 is 6.04 Å². The second-order valence-electron chi connectivity index (χ2n) is 6.67. The third-order valence-corrected chi connectivity index (χ3v) is 5.27. The summed E-state index contributed by atoms with van der Waals surface area (Å²) in [6.07, 6.45) is 6.22. The number of hydrogen-bond donors (Lipinski definition) is 1. The summed E-state index contributed by atoms with van der Waals surface area (Å²) in [7, 11) is 1.66. The van der Waals surface area contributed by atoms with Gasteiger partial charge >= 0.3 is 0 Å². The number of hydrogen-bond acceptors (Lipinski definition) is 4. The molecule has 1 rings (SSSR count). The molecule has 0 fully saturated rings. The zero-order chi connectivity index (χ0) is 20.8. The quantitative estimate of drug-likeness (QED) is 0.448. The van der Waals surface area contributed by atoms with Gasteiger partial charge in [-0.25, -0.2) is 0 Å². The molecule has 2 amide bonds. The van der Waals surface area contributed by atoms with E-state index in [-0.39, 0.29) is 11.8 Å². The number of carbonyl (C=O) groups excluding carboxylic acids is 2. The van der Waals surface area contributed by atoms with Crippen LogP contribution in [0.1, 0.15) is 50.6 Å². The molecule has 0 aliphatic heterocycles. The Labute approximate surface area is 178 Å². The van der Waals surface area contributed by atoms with Gasteiger partial charge < -0.3 is 15.0 Å². The molecule has 7 heteroatoms. The van der Waals surface area contributed by atoms with Crippen LogP contribution >= 0.6 is 23.4 Å². The van der Waals surface area contributed by atoms with Gasteiger partial charge in [0.15, 0.2) is 0 Å². The molecule has 0 saturated heterocycles. The van der Waals surface area contributed by atoms with Crippen LogP contribution in [-0.4, -0.2) is 55.5 Å². The molecule has 0 bridgehead atoms. The largest absolute Gasteiger partial charge is 0.385 e. The van der Waals surface area contributed by atoms with Gasteiger partial charge in [-0.2, -0.15) is 11.8 Å². The lowest BCUT2D eigenvalue weighted by molar-refractivity contribution is -0.136. The van der Waals surface area contributed by atoms with Gasteiger partial charge in [0, 0.05) is 44.0 Å². The minimum absolute atomic E-state index is 0.0768. The van der Waals surface area contributed by atoms with E-state index in [1.165, 1.54) is 0 Å². The van der Waals surface area contributed by atoms with Crippen LogP contribution in [0.4, 0.5) is 0 Å². The van der Waals surface area contributed by atoms with Gasteiger partial charge in [0.2, 0.25) is 11.8 Å². The number of unbranched alkanes of at least 4 members (excludes halogenated alkanes) is 2. The van der Waals surface area contributed by atoms with Gasteiger partial charge in [0.1, 0.15) is 6.04 Å². The number of ether oxygens (including phenoxy) is 1. The highest BCUT2D eigenvalue weighted by Gasteiger charge is 2.27. The summed E-state index contributed by atoms with van der Waals surface area (Å²) in [6, 6.07) is 6.41. The molecule has 1 atom stereocenters. The van der Waals surface area contributed by atoms with Crippen molar-refractivity contribution in [2.45, 2.75) is 45.1 Å². The predicted molar refractivity (Wildman–Crippen MR) is 118 cm³/mol. The van der Waals surface area contributed by atoms with Crippen LogP contribution in [0.3, 0.4) is 0 Å². The number of thioether (sulfide) groups is 1. The Morgan fingerprint density at radius 3 is 2.46 bits per heavy atom. The zero-order valence-electron chi connectivity index (χ0n) is 17.2. The number of halogens is 1. The maximum absolute atomic E-state index is 13.4. The Morgan fingerprint density at radius 2 is 1.86 bits per heavy atom. The summed E-state index contributed by atoms with van der Waals surface area (Å²) < 4.78 is 5.14. The normalized spacial score (nSPS) is 11.9. The van der Waals surface area contributed by atoms with Crippen molar-refractivity contribution < 1.29 is 14.3 Å². The van der Waals surface area contributed by atoms with E-state index in [0.717, 1.165) is 37.0 Å². The van der Waals surface area contributed by atoms with E-state index in [9.17, 15) is 9.59 Å². The highest BCUT2D eigenvalue weighted by molar-refractivity contribution is 7.98. The van der Waals surface area contributed by atoms with Gasteiger partial charge in [-0.05, 0) is 36.8 Å². The van der Waals surface area contributed by atoms with E-state index in [1.54, 1.807) is 43.1 Å². The predicted octanol–water partition coefficient (Wildman–Crippen LogP) is 4.31.